The zero-order valence-corrected chi connectivity index (χ0v) is 16.0. The van der Waals surface area contributed by atoms with Crippen molar-refractivity contribution in [1.29, 1.82) is 0 Å². The van der Waals surface area contributed by atoms with Crippen molar-refractivity contribution < 1.29 is 28.2 Å². The second kappa shape index (κ2) is 9.01. The highest BCUT2D eigenvalue weighted by Crippen LogP contribution is 2.31. The monoisotopic (exact) mass is 394 g/mol. The van der Waals surface area contributed by atoms with Gasteiger partial charge in [0.1, 0.15) is 23.7 Å². The molecule has 3 aromatic carbocycles. The Balaban J connectivity index is 1.89. The maximum atomic E-state index is 14.6. The fraction of sp³-hybridized carbons (Fsp3) is 0.130. The van der Waals surface area contributed by atoms with Crippen LogP contribution in [0.4, 0.5) is 4.39 Å². The Labute approximate surface area is 167 Å². The summed E-state index contributed by atoms with van der Waals surface area (Å²) in [6, 6.07) is 18.0. The van der Waals surface area contributed by atoms with E-state index in [1.165, 1.54) is 32.4 Å². The van der Waals surface area contributed by atoms with Gasteiger partial charge in [0.2, 0.25) is 0 Å². The third-order valence-corrected chi connectivity index (χ3v) is 4.34. The summed E-state index contributed by atoms with van der Waals surface area (Å²) in [7, 11) is 2.64. The van der Waals surface area contributed by atoms with Gasteiger partial charge >= 0.3 is 11.9 Å². The summed E-state index contributed by atoms with van der Waals surface area (Å²) in [6.45, 7) is 0.0867. The van der Waals surface area contributed by atoms with E-state index in [-0.39, 0.29) is 23.5 Å². The zero-order chi connectivity index (χ0) is 20.8. The van der Waals surface area contributed by atoms with Crippen LogP contribution in [0, 0.1) is 5.82 Å². The molecule has 0 heterocycles. The minimum Gasteiger partial charge on any atom is -0.496 e. The molecule has 0 saturated carbocycles. The molecule has 0 aliphatic carbocycles. The van der Waals surface area contributed by atoms with Crippen LogP contribution in [0.2, 0.25) is 0 Å². The minimum atomic E-state index is -0.627. The fourth-order valence-electron chi connectivity index (χ4n) is 2.81. The first-order valence-corrected chi connectivity index (χ1v) is 8.81. The first-order chi connectivity index (χ1) is 14.0. The molecule has 29 heavy (non-hydrogen) atoms. The second-order valence-electron chi connectivity index (χ2n) is 6.16. The third-order valence-electron chi connectivity index (χ3n) is 4.34. The summed E-state index contributed by atoms with van der Waals surface area (Å²) in [6.07, 6.45) is 0. The Bertz CT molecular complexity index is 1010. The summed E-state index contributed by atoms with van der Waals surface area (Å²) in [4.78, 5) is 24.2. The zero-order valence-electron chi connectivity index (χ0n) is 16.0. The lowest BCUT2D eigenvalue weighted by Crippen LogP contribution is -2.08. The van der Waals surface area contributed by atoms with Crippen molar-refractivity contribution >= 4 is 11.9 Å². The van der Waals surface area contributed by atoms with Gasteiger partial charge < -0.3 is 14.2 Å². The summed E-state index contributed by atoms with van der Waals surface area (Å²) < 4.78 is 29.8. The fourth-order valence-corrected chi connectivity index (χ4v) is 2.81. The Morgan fingerprint density at radius 2 is 1.59 bits per heavy atom. The van der Waals surface area contributed by atoms with E-state index >= 15 is 0 Å². The first kappa shape index (κ1) is 20.1. The first-order valence-electron chi connectivity index (χ1n) is 8.81. The van der Waals surface area contributed by atoms with E-state index in [0.29, 0.717) is 11.1 Å². The van der Waals surface area contributed by atoms with E-state index < -0.39 is 17.8 Å². The average molecular weight is 394 g/mol. The molecule has 0 aliphatic rings. The molecule has 0 aliphatic heterocycles. The lowest BCUT2D eigenvalue weighted by atomic mass is 10.0. The minimum absolute atomic E-state index is 0.0792. The van der Waals surface area contributed by atoms with Gasteiger partial charge in [0.05, 0.1) is 19.8 Å². The number of hydrogen-bond acceptors (Lipinski definition) is 5. The molecule has 0 aromatic heterocycles. The van der Waals surface area contributed by atoms with Crippen LogP contribution in [-0.2, 0) is 16.1 Å². The molecule has 0 amide bonds. The standard InChI is InChI=1S/C23H19FO5/c1-27-21-13-20(24)18(16-8-10-17(11-9-16)22(25)28-2)12-19(21)23(26)29-14-15-6-4-3-5-7-15/h3-13H,14H2,1-2H3. The van der Waals surface area contributed by atoms with Gasteiger partial charge in [0, 0.05) is 11.6 Å². The number of benzene rings is 3. The van der Waals surface area contributed by atoms with Gasteiger partial charge in [-0.05, 0) is 29.3 Å². The quantitative estimate of drug-likeness (QED) is 0.570. The van der Waals surface area contributed by atoms with Crippen LogP contribution >= 0.6 is 0 Å². The topological polar surface area (TPSA) is 61.8 Å². The van der Waals surface area contributed by atoms with Crippen molar-refractivity contribution in [2.45, 2.75) is 6.61 Å². The number of rotatable bonds is 6. The van der Waals surface area contributed by atoms with Crippen molar-refractivity contribution in [3.8, 4) is 16.9 Å². The van der Waals surface area contributed by atoms with E-state index in [2.05, 4.69) is 4.74 Å². The van der Waals surface area contributed by atoms with Crippen LogP contribution in [0.15, 0.2) is 66.7 Å². The Kier molecular flexibility index (Phi) is 6.24. The molecule has 6 heteroatoms. The van der Waals surface area contributed by atoms with E-state index in [4.69, 9.17) is 9.47 Å². The maximum absolute atomic E-state index is 14.6. The van der Waals surface area contributed by atoms with Crippen LogP contribution in [0.1, 0.15) is 26.3 Å². The van der Waals surface area contributed by atoms with Gasteiger partial charge in [-0.1, -0.05) is 42.5 Å². The molecule has 5 nitrogen and oxygen atoms in total. The Morgan fingerprint density at radius 1 is 0.897 bits per heavy atom. The molecule has 0 atom stereocenters. The number of halogens is 1. The molecule has 0 fully saturated rings. The molecule has 0 spiro atoms. The van der Waals surface area contributed by atoms with Crippen molar-refractivity contribution in [3.63, 3.8) is 0 Å². The molecule has 0 bridgehead atoms. The highest BCUT2D eigenvalue weighted by Gasteiger charge is 2.19. The summed E-state index contributed by atoms with van der Waals surface area (Å²) in [5.74, 6) is -1.60. The summed E-state index contributed by atoms with van der Waals surface area (Å²) >= 11 is 0. The summed E-state index contributed by atoms with van der Waals surface area (Å²) in [5, 5.41) is 0. The average Bonchev–Trinajstić information content (AvgIpc) is 2.77. The number of methoxy groups -OCH3 is 2. The van der Waals surface area contributed by atoms with Crippen LogP contribution in [0.25, 0.3) is 11.1 Å². The second-order valence-corrected chi connectivity index (χ2v) is 6.16. The predicted octanol–water partition coefficient (Wildman–Crippen LogP) is 4.64. The molecule has 0 radical (unpaired) electrons. The predicted molar refractivity (Wildman–Crippen MR) is 105 cm³/mol. The van der Waals surface area contributed by atoms with Gasteiger partial charge in [-0.2, -0.15) is 0 Å². The van der Waals surface area contributed by atoms with Crippen LogP contribution in [0.5, 0.6) is 5.75 Å². The van der Waals surface area contributed by atoms with Gasteiger partial charge in [0.15, 0.2) is 0 Å². The van der Waals surface area contributed by atoms with Crippen molar-refractivity contribution in [3.05, 3.63) is 89.2 Å². The highest BCUT2D eigenvalue weighted by molar-refractivity contribution is 5.94. The van der Waals surface area contributed by atoms with Crippen LogP contribution in [-0.4, -0.2) is 26.2 Å². The number of esters is 2. The van der Waals surface area contributed by atoms with Gasteiger partial charge in [-0.3, -0.25) is 0 Å². The van der Waals surface area contributed by atoms with E-state index in [1.807, 2.05) is 30.3 Å². The number of carbonyl (C=O) groups is 2. The summed E-state index contributed by atoms with van der Waals surface area (Å²) in [5.41, 5.74) is 1.97. The third kappa shape index (κ3) is 4.60. The van der Waals surface area contributed by atoms with Crippen molar-refractivity contribution in [2.24, 2.45) is 0 Å². The Hall–Kier alpha value is -3.67. The highest BCUT2D eigenvalue weighted by atomic mass is 19.1. The number of ether oxygens (including phenoxy) is 3. The molecule has 0 N–H and O–H groups in total. The number of hydrogen-bond donors (Lipinski definition) is 0. The molecule has 148 valence electrons. The van der Waals surface area contributed by atoms with Gasteiger partial charge in [-0.25, -0.2) is 14.0 Å². The maximum Gasteiger partial charge on any atom is 0.342 e. The number of carbonyl (C=O) groups excluding carboxylic acids is 2. The molecule has 0 saturated heterocycles. The lowest BCUT2D eigenvalue weighted by Gasteiger charge is -2.12. The van der Waals surface area contributed by atoms with E-state index in [1.54, 1.807) is 12.1 Å². The lowest BCUT2D eigenvalue weighted by molar-refractivity contribution is 0.0468. The van der Waals surface area contributed by atoms with Crippen molar-refractivity contribution in [1.82, 2.24) is 0 Å². The van der Waals surface area contributed by atoms with Crippen molar-refractivity contribution in [2.75, 3.05) is 14.2 Å². The van der Waals surface area contributed by atoms with E-state index in [9.17, 15) is 14.0 Å². The smallest absolute Gasteiger partial charge is 0.342 e. The normalized spacial score (nSPS) is 10.3. The molecule has 3 rings (SSSR count). The largest absolute Gasteiger partial charge is 0.496 e. The Morgan fingerprint density at radius 3 is 2.21 bits per heavy atom. The van der Waals surface area contributed by atoms with Gasteiger partial charge in [0.25, 0.3) is 0 Å². The molecular weight excluding hydrogens is 375 g/mol. The van der Waals surface area contributed by atoms with Crippen LogP contribution in [0.3, 0.4) is 0 Å². The molecule has 3 aromatic rings. The van der Waals surface area contributed by atoms with Gasteiger partial charge in [-0.15, -0.1) is 0 Å². The molecular formula is C23H19FO5. The van der Waals surface area contributed by atoms with Crippen LogP contribution < -0.4 is 4.74 Å². The van der Waals surface area contributed by atoms with E-state index in [0.717, 1.165) is 11.6 Å². The molecule has 0 unspecified atom stereocenters. The SMILES string of the molecule is COC(=O)c1ccc(-c2cc(C(=O)OCc3ccccc3)c(OC)cc2F)cc1.